The van der Waals surface area contributed by atoms with Gasteiger partial charge in [-0.15, -0.1) is 0 Å². The predicted molar refractivity (Wildman–Crippen MR) is 175 cm³/mol. The van der Waals surface area contributed by atoms with E-state index in [2.05, 4.69) is 10.3 Å². The molecule has 0 spiro atoms. The molecule has 0 saturated carbocycles. The zero-order chi connectivity index (χ0) is 36.0. The fourth-order valence-electron chi connectivity index (χ4n) is 4.99. The van der Waals surface area contributed by atoms with E-state index < -0.39 is 35.5 Å². The Morgan fingerprint density at radius 3 is 2.22 bits per heavy atom. The largest absolute Gasteiger partial charge is 0.493 e. The van der Waals surface area contributed by atoms with Gasteiger partial charge in [0.05, 0.1) is 40.7 Å². The summed E-state index contributed by atoms with van der Waals surface area (Å²) in [5, 5.41) is 12.0. The Morgan fingerprint density at radius 1 is 0.918 bits per heavy atom. The number of alkyl halides is 3. The monoisotopic (exact) mass is 677 g/mol. The number of methoxy groups -OCH3 is 1. The van der Waals surface area contributed by atoms with E-state index in [0.29, 0.717) is 35.2 Å². The molecular formula is C36H34F3N3O7. The molecule has 2 amide bonds. The lowest BCUT2D eigenvalue weighted by atomic mass is 10.0. The zero-order valence-electron chi connectivity index (χ0n) is 27.4. The van der Waals surface area contributed by atoms with Crippen LogP contribution in [-0.4, -0.2) is 59.9 Å². The number of nitrogens with zero attached hydrogens (tertiary/aromatic N) is 2. The highest BCUT2D eigenvalue weighted by Crippen LogP contribution is 2.34. The van der Waals surface area contributed by atoms with Crippen LogP contribution in [0.25, 0.3) is 11.3 Å². The Morgan fingerprint density at radius 2 is 1.61 bits per heavy atom. The number of ether oxygens (including phenoxy) is 2. The summed E-state index contributed by atoms with van der Waals surface area (Å²) < 4.78 is 50.1. The Kier molecular flexibility index (Phi) is 11.1. The molecule has 13 heteroatoms. The number of carbonyl (C=O) groups is 4. The fraction of sp³-hybridized carbons (Fsp3) is 0.250. The molecule has 0 bridgehead atoms. The molecule has 256 valence electrons. The highest BCUT2D eigenvalue weighted by atomic mass is 19.4. The topological polar surface area (TPSA) is 135 Å². The van der Waals surface area contributed by atoms with E-state index in [1.165, 1.54) is 42.3 Å². The Labute approximate surface area is 280 Å². The summed E-state index contributed by atoms with van der Waals surface area (Å²) >= 11 is 0. The molecule has 0 aliphatic rings. The van der Waals surface area contributed by atoms with Crippen LogP contribution in [0, 0.1) is 13.8 Å². The number of rotatable bonds is 11. The average molecular weight is 678 g/mol. The number of pyridine rings is 1. The summed E-state index contributed by atoms with van der Waals surface area (Å²) in [6.07, 6.45) is -3.79. The number of aromatic nitrogens is 1. The highest BCUT2D eigenvalue weighted by Gasteiger charge is 2.30. The minimum atomic E-state index is -4.52. The summed E-state index contributed by atoms with van der Waals surface area (Å²) in [5.41, 5.74) is 1.82. The zero-order valence-corrected chi connectivity index (χ0v) is 27.4. The number of hydrogen-bond acceptors (Lipinski definition) is 7. The SMILES string of the molecule is COc1cc(C(=O)O)cc(C)c1OC(=O)CCCc1ccc(NC(=O)c2ccc(C)nc2-c2ccc(C(F)(F)F)cc2)c(C(=O)N(C)C)c1. The Balaban J connectivity index is 1.51. The van der Waals surface area contributed by atoms with Crippen molar-refractivity contribution in [2.24, 2.45) is 0 Å². The number of esters is 1. The third-order valence-corrected chi connectivity index (χ3v) is 7.50. The number of anilines is 1. The van der Waals surface area contributed by atoms with E-state index >= 15 is 0 Å². The number of aryl methyl sites for hydroxylation is 3. The number of benzene rings is 3. The summed E-state index contributed by atoms with van der Waals surface area (Å²) in [6.45, 7) is 3.30. The van der Waals surface area contributed by atoms with Gasteiger partial charge in [0.1, 0.15) is 0 Å². The van der Waals surface area contributed by atoms with Crippen molar-refractivity contribution in [3.05, 3.63) is 106 Å². The number of carbonyl (C=O) groups excluding carboxylic acids is 3. The first-order valence-electron chi connectivity index (χ1n) is 15.0. The van der Waals surface area contributed by atoms with Crippen molar-refractivity contribution < 1.29 is 46.9 Å². The van der Waals surface area contributed by atoms with Crippen LogP contribution in [0.4, 0.5) is 18.9 Å². The highest BCUT2D eigenvalue weighted by molar-refractivity contribution is 6.11. The van der Waals surface area contributed by atoms with Gasteiger partial charge in [-0.3, -0.25) is 19.4 Å². The Hall–Kier alpha value is -5.72. The number of carboxylic acid groups (broad SMARTS) is 1. The van der Waals surface area contributed by atoms with Crippen molar-refractivity contribution >= 4 is 29.4 Å². The molecule has 4 aromatic rings. The second-order valence-electron chi connectivity index (χ2n) is 11.4. The van der Waals surface area contributed by atoms with Crippen LogP contribution in [-0.2, 0) is 17.4 Å². The maximum absolute atomic E-state index is 13.5. The van der Waals surface area contributed by atoms with Crippen molar-refractivity contribution in [1.29, 1.82) is 0 Å². The minimum Gasteiger partial charge on any atom is -0.493 e. The van der Waals surface area contributed by atoms with E-state index in [-0.39, 0.29) is 46.0 Å². The maximum Gasteiger partial charge on any atom is 0.416 e. The summed E-state index contributed by atoms with van der Waals surface area (Å²) in [7, 11) is 4.46. The predicted octanol–water partition coefficient (Wildman–Crippen LogP) is 6.97. The van der Waals surface area contributed by atoms with Gasteiger partial charge in [-0.1, -0.05) is 18.2 Å². The van der Waals surface area contributed by atoms with Gasteiger partial charge in [0.15, 0.2) is 11.5 Å². The van der Waals surface area contributed by atoms with E-state index in [4.69, 9.17) is 9.47 Å². The van der Waals surface area contributed by atoms with Crippen LogP contribution in [0.15, 0.2) is 66.7 Å². The molecule has 2 N–H and O–H groups in total. The van der Waals surface area contributed by atoms with E-state index in [1.54, 1.807) is 52.2 Å². The van der Waals surface area contributed by atoms with Gasteiger partial charge in [-0.25, -0.2) is 4.79 Å². The third-order valence-electron chi connectivity index (χ3n) is 7.50. The lowest BCUT2D eigenvalue weighted by molar-refractivity contribution is -0.137. The van der Waals surface area contributed by atoms with Gasteiger partial charge in [0.2, 0.25) is 0 Å². The first kappa shape index (κ1) is 36.1. The molecule has 0 fully saturated rings. The molecule has 0 atom stereocenters. The molecule has 0 saturated heterocycles. The molecule has 0 unspecified atom stereocenters. The normalized spacial score (nSPS) is 11.1. The molecule has 1 aromatic heterocycles. The quantitative estimate of drug-likeness (QED) is 0.128. The fourth-order valence-corrected chi connectivity index (χ4v) is 4.99. The number of hydrogen-bond donors (Lipinski definition) is 2. The third kappa shape index (κ3) is 8.80. The standard InChI is InChI=1S/C36H34F3N3O7/c1-20-17-24(35(46)47)19-29(48-5)32(20)49-30(43)8-6-7-22-10-16-28(27(18-22)34(45)42(3)4)41-33(44)26-15-9-21(2)40-31(26)23-11-13-25(14-12-23)36(37,38)39/h9-19H,6-8H2,1-5H3,(H,41,44)(H,46,47). The van der Waals surface area contributed by atoms with Crippen LogP contribution >= 0.6 is 0 Å². The van der Waals surface area contributed by atoms with E-state index in [1.807, 2.05) is 0 Å². The van der Waals surface area contributed by atoms with Gasteiger partial charge in [0, 0.05) is 31.8 Å². The van der Waals surface area contributed by atoms with Crippen LogP contribution < -0.4 is 14.8 Å². The van der Waals surface area contributed by atoms with Gasteiger partial charge in [-0.2, -0.15) is 13.2 Å². The molecule has 3 aromatic carbocycles. The van der Waals surface area contributed by atoms with Crippen LogP contribution in [0.2, 0.25) is 0 Å². The van der Waals surface area contributed by atoms with Crippen molar-refractivity contribution in [2.75, 3.05) is 26.5 Å². The Bertz CT molecular complexity index is 1910. The molecule has 0 aliphatic heterocycles. The number of carboxylic acids is 1. The smallest absolute Gasteiger partial charge is 0.416 e. The lowest BCUT2D eigenvalue weighted by Crippen LogP contribution is -2.24. The summed E-state index contributed by atoms with van der Waals surface area (Å²) in [6, 6.07) is 15.0. The number of aromatic carboxylic acids is 1. The van der Waals surface area contributed by atoms with Crippen molar-refractivity contribution in [3.63, 3.8) is 0 Å². The summed E-state index contributed by atoms with van der Waals surface area (Å²) in [4.78, 5) is 56.5. The van der Waals surface area contributed by atoms with Gasteiger partial charge in [0.25, 0.3) is 11.8 Å². The van der Waals surface area contributed by atoms with Gasteiger partial charge in [-0.05, 0) is 86.3 Å². The van der Waals surface area contributed by atoms with Gasteiger partial charge < -0.3 is 24.8 Å². The van der Waals surface area contributed by atoms with Gasteiger partial charge >= 0.3 is 18.1 Å². The molecular weight excluding hydrogens is 643 g/mol. The molecule has 0 radical (unpaired) electrons. The van der Waals surface area contributed by atoms with E-state index in [9.17, 15) is 37.5 Å². The maximum atomic E-state index is 13.5. The van der Waals surface area contributed by atoms with Crippen LogP contribution in [0.5, 0.6) is 11.5 Å². The molecule has 10 nitrogen and oxygen atoms in total. The molecule has 4 rings (SSSR count). The van der Waals surface area contributed by atoms with E-state index in [0.717, 1.165) is 12.1 Å². The second kappa shape index (κ2) is 15.0. The van der Waals surface area contributed by atoms with Crippen molar-refractivity contribution in [1.82, 2.24) is 9.88 Å². The average Bonchev–Trinajstić information content (AvgIpc) is 3.05. The minimum absolute atomic E-state index is 0.00583. The van der Waals surface area contributed by atoms with Crippen molar-refractivity contribution in [2.45, 2.75) is 39.3 Å². The number of halogens is 3. The molecule has 1 heterocycles. The van der Waals surface area contributed by atoms with Crippen LogP contribution in [0.1, 0.15) is 66.3 Å². The first-order chi connectivity index (χ1) is 23.1. The second-order valence-corrected chi connectivity index (χ2v) is 11.4. The number of nitrogens with one attached hydrogen (secondary N) is 1. The molecule has 49 heavy (non-hydrogen) atoms. The summed E-state index contributed by atoms with van der Waals surface area (Å²) in [5.74, 6) is -2.48. The molecule has 0 aliphatic carbocycles. The first-order valence-corrected chi connectivity index (χ1v) is 15.0. The lowest BCUT2D eigenvalue weighted by Gasteiger charge is -2.17. The van der Waals surface area contributed by atoms with Crippen LogP contribution in [0.3, 0.4) is 0 Å². The van der Waals surface area contributed by atoms with Crippen molar-refractivity contribution in [3.8, 4) is 22.8 Å². The number of amides is 2.